The molecule has 0 radical (unpaired) electrons. The van der Waals surface area contributed by atoms with Gasteiger partial charge in [0.15, 0.2) is 11.6 Å². The van der Waals surface area contributed by atoms with Gasteiger partial charge in [-0.1, -0.05) is 25.7 Å². The van der Waals surface area contributed by atoms with Crippen LogP contribution in [0.3, 0.4) is 0 Å². The predicted octanol–water partition coefficient (Wildman–Crippen LogP) is 1.75. The number of nitrogens with zero attached hydrogens (tertiary/aromatic N) is 4. The fraction of sp³-hybridized carbons (Fsp3) is 0.667. The van der Waals surface area contributed by atoms with Crippen LogP contribution in [0, 0.1) is 9.54 Å². The maximum atomic E-state index is 5.74. The predicted molar refractivity (Wildman–Crippen MR) is 90.2 cm³/mol. The van der Waals surface area contributed by atoms with E-state index in [-0.39, 0.29) is 0 Å². The lowest BCUT2D eigenvalue weighted by Crippen LogP contribution is -2.12. The molecule has 0 aliphatic carbocycles. The lowest BCUT2D eigenvalue weighted by Gasteiger charge is -2.02. The maximum absolute atomic E-state index is 5.74. The molecule has 0 aliphatic heterocycles. The molecule has 0 saturated carbocycles. The molecule has 8 nitrogen and oxygen atoms in total. The van der Waals surface area contributed by atoms with E-state index in [1.165, 1.54) is 22.2 Å². The number of nitrogens with one attached hydrogen (secondary N) is 2. The molecule has 0 fully saturated rings. The number of aromatic amines is 2. The standard InChI is InChI=1S/C12H22N8S2/c13-19-9(15-17-11(19)21)7-5-3-1-2-4-6-8-10-16-18-12(22)20(10)14/h1-8,13-14H2,(H,17,21)(H,18,22). The number of hydrogen-bond acceptors (Lipinski definition) is 6. The van der Waals surface area contributed by atoms with Crippen molar-refractivity contribution in [1.29, 1.82) is 0 Å². The Labute approximate surface area is 138 Å². The minimum Gasteiger partial charge on any atom is -0.335 e. The van der Waals surface area contributed by atoms with Crippen molar-refractivity contribution in [3.05, 3.63) is 21.2 Å². The molecule has 0 bridgehead atoms. The molecule has 0 atom stereocenters. The van der Waals surface area contributed by atoms with E-state index in [4.69, 9.17) is 36.1 Å². The van der Waals surface area contributed by atoms with Crippen LogP contribution in [0.15, 0.2) is 0 Å². The Morgan fingerprint density at radius 1 is 0.727 bits per heavy atom. The van der Waals surface area contributed by atoms with Gasteiger partial charge in [0.2, 0.25) is 9.54 Å². The maximum Gasteiger partial charge on any atom is 0.214 e. The van der Waals surface area contributed by atoms with E-state index < -0.39 is 0 Å². The van der Waals surface area contributed by atoms with Gasteiger partial charge in [0, 0.05) is 12.8 Å². The Hall–Kier alpha value is -1.68. The number of aromatic nitrogens is 6. The summed E-state index contributed by atoms with van der Waals surface area (Å²) in [5.74, 6) is 13.1. The topological polar surface area (TPSA) is 119 Å². The van der Waals surface area contributed by atoms with Crippen LogP contribution in [0.4, 0.5) is 0 Å². The normalized spacial score (nSPS) is 11.1. The fourth-order valence-corrected chi connectivity index (χ4v) is 2.60. The van der Waals surface area contributed by atoms with E-state index >= 15 is 0 Å². The molecule has 6 N–H and O–H groups in total. The molecule has 0 aromatic carbocycles. The van der Waals surface area contributed by atoms with Gasteiger partial charge in [-0.05, 0) is 37.3 Å². The Kier molecular flexibility index (Phi) is 6.13. The summed E-state index contributed by atoms with van der Waals surface area (Å²) >= 11 is 9.94. The second-order valence-corrected chi connectivity index (χ2v) is 6.02. The van der Waals surface area contributed by atoms with E-state index in [0.29, 0.717) is 9.54 Å². The van der Waals surface area contributed by atoms with E-state index in [1.807, 2.05) is 0 Å². The molecule has 122 valence electrons. The highest BCUT2D eigenvalue weighted by Gasteiger charge is 2.03. The molecule has 0 spiro atoms. The molecule has 22 heavy (non-hydrogen) atoms. The number of hydrogen-bond donors (Lipinski definition) is 4. The van der Waals surface area contributed by atoms with Crippen LogP contribution < -0.4 is 11.7 Å². The van der Waals surface area contributed by atoms with Gasteiger partial charge in [0.05, 0.1) is 0 Å². The zero-order valence-electron chi connectivity index (χ0n) is 12.4. The Morgan fingerprint density at radius 3 is 1.41 bits per heavy atom. The first-order chi connectivity index (χ1) is 10.6. The quantitative estimate of drug-likeness (QED) is 0.313. The summed E-state index contributed by atoms with van der Waals surface area (Å²) in [6.45, 7) is 0. The Morgan fingerprint density at radius 2 is 1.09 bits per heavy atom. The number of unbranched alkanes of at least 4 members (excludes halogenated alkanes) is 5. The lowest BCUT2D eigenvalue weighted by atomic mass is 10.1. The van der Waals surface area contributed by atoms with Crippen LogP contribution >= 0.6 is 24.4 Å². The van der Waals surface area contributed by atoms with Crippen molar-refractivity contribution >= 4 is 24.4 Å². The van der Waals surface area contributed by atoms with E-state index in [2.05, 4.69) is 20.4 Å². The summed E-state index contributed by atoms with van der Waals surface area (Å²) in [6, 6.07) is 0. The summed E-state index contributed by atoms with van der Waals surface area (Å²) in [6.07, 6.45) is 8.56. The average Bonchev–Trinajstić information content (AvgIpc) is 2.99. The van der Waals surface area contributed by atoms with Gasteiger partial charge in [-0.3, -0.25) is 10.2 Å². The molecule has 2 rings (SSSR count). The summed E-state index contributed by atoms with van der Waals surface area (Å²) in [5.41, 5.74) is 0. The van der Waals surface area contributed by atoms with Crippen molar-refractivity contribution in [3.8, 4) is 0 Å². The van der Waals surface area contributed by atoms with Crippen LogP contribution in [0.25, 0.3) is 0 Å². The van der Waals surface area contributed by atoms with Crippen LogP contribution in [-0.4, -0.2) is 29.7 Å². The van der Waals surface area contributed by atoms with Gasteiger partial charge in [-0.2, -0.15) is 10.2 Å². The van der Waals surface area contributed by atoms with Gasteiger partial charge < -0.3 is 11.7 Å². The van der Waals surface area contributed by atoms with Crippen molar-refractivity contribution in [2.45, 2.75) is 51.4 Å². The van der Waals surface area contributed by atoms with Crippen LogP contribution in [0.5, 0.6) is 0 Å². The average molecular weight is 342 g/mol. The first kappa shape index (κ1) is 16.7. The van der Waals surface area contributed by atoms with Gasteiger partial charge in [0.25, 0.3) is 0 Å². The molecule has 2 aromatic heterocycles. The summed E-state index contributed by atoms with van der Waals surface area (Å²) < 4.78 is 3.81. The van der Waals surface area contributed by atoms with Gasteiger partial charge in [0.1, 0.15) is 0 Å². The highest BCUT2D eigenvalue weighted by molar-refractivity contribution is 7.71. The second kappa shape index (κ2) is 8.08. The summed E-state index contributed by atoms with van der Waals surface area (Å²) in [4.78, 5) is 0. The zero-order valence-corrected chi connectivity index (χ0v) is 14.0. The van der Waals surface area contributed by atoms with E-state index in [0.717, 1.165) is 50.2 Å². The van der Waals surface area contributed by atoms with Crippen molar-refractivity contribution in [1.82, 2.24) is 29.7 Å². The lowest BCUT2D eigenvalue weighted by molar-refractivity contribution is 0.578. The molecule has 2 aromatic rings. The molecule has 0 amide bonds. The van der Waals surface area contributed by atoms with Gasteiger partial charge in [-0.25, -0.2) is 9.35 Å². The van der Waals surface area contributed by atoms with Crippen molar-refractivity contribution in [3.63, 3.8) is 0 Å². The Bertz CT molecular complexity index is 634. The fourth-order valence-electron chi connectivity index (χ4n) is 2.30. The van der Waals surface area contributed by atoms with Crippen molar-refractivity contribution < 1.29 is 0 Å². The van der Waals surface area contributed by atoms with E-state index in [9.17, 15) is 0 Å². The minimum atomic E-state index is 0.466. The highest BCUT2D eigenvalue weighted by Crippen LogP contribution is 2.10. The molecule has 0 saturated heterocycles. The van der Waals surface area contributed by atoms with Gasteiger partial charge >= 0.3 is 0 Å². The number of rotatable bonds is 9. The van der Waals surface area contributed by atoms with Crippen LogP contribution in [-0.2, 0) is 12.8 Å². The van der Waals surface area contributed by atoms with Crippen molar-refractivity contribution in [2.24, 2.45) is 0 Å². The molecule has 10 heteroatoms. The molecular weight excluding hydrogens is 320 g/mol. The second-order valence-electron chi connectivity index (χ2n) is 5.25. The van der Waals surface area contributed by atoms with Crippen molar-refractivity contribution in [2.75, 3.05) is 11.7 Å². The Balaban J connectivity index is 1.53. The number of nitrogen functional groups attached to an aromatic ring is 2. The van der Waals surface area contributed by atoms with Gasteiger partial charge in [-0.15, -0.1) is 0 Å². The zero-order chi connectivity index (χ0) is 15.9. The first-order valence-electron chi connectivity index (χ1n) is 7.42. The number of aryl methyl sites for hydroxylation is 2. The monoisotopic (exact) mass is 342 g/mol. The third-order valence-corrected chi connectivity index (χ3v) is 4.18. The number of nitrogens with two attached hydrogens (primary N) is 2. The SMILES string of the molecule is Nn1c(CCCCCCCCc2n[nH]c(=S)n2N)n[nH]c1=S. The first-order valence-corrected chi connectivity index (χ1v) is 8.24. The molecular formula is C12H22N8S2. The summed E-state index contributed by atoms with van der Waals surface area (Å²) in [5, 5.41) is 13.6. The molecule has 0 aliphatic rings. The van der Waals surface area contributed by atoms with Crippen LogP contribution in [0.2, 0.25) is 0 Å². The summed E-state index contributed by atoms with van der Waals surface area (Å²) in [7, 11) is 0. The molecule has 2 heterocycles. The number of H-pyrrole nitrogens is 2. The minimum absolute atomic E-state index is 0.466. The highest BCUT2D eigenvalue weighted by atomic mass is 32.1. The third kappa shape index (κ3) is 4.41. The van der Waals surface area contributed by atoms with E-state index in [1.54, 1.807) is 0 Å². The largest absolute Gasteiger partial charge is 0.335 e. The third-order valence-electron chi connectivity index (χ3n) is 3.61. The van der Waals surface area contributed by atoms with Crippen LogP contribution in [0.1, 0.15) is 50.2 Å². The molecule has 0 unspecified atom stereocenters. The smallest absolute Gasteiger partial charge is 0.214 e.